The molecule has 5 aliphatic rings. The van der Waals surface area contributed by atoms with Crippen LogP contribution in [0.3, 0.4) is 0 Å². The summed E-state index contributed by atoms with van der Waals surface area (Å²) >= 11 is 0. The van der Waals surface area contributed by atoms with Crippen LogP contribution in [0.25, 0.3) is 10.4 Å². The summed E-state index contributed by atoms with van der Waals surface area (Å²) in [6.45, 7) is 60.5. The number of nitrogens with one attached hydrogen (secondary N) is 2. The monoisotopic (exact) mass is 1850 g/mol. The minimum absolute atomic E-state index is 0. The Labute approximate surface area is 760 Å². The van der Waals surface area contributed by atoms with Gasteiger partial charge in [0.05, 0.1) is 56.2 Å². The van der Waals surface area contributed by atoms with E-state index < -0.39 is 61.5 Å². The van der Waals surface area contributed by atoms with E-state index in [1.807, 2.05) is 32.0 Å². The fraction of sp³-hybridized carbons (Fsp3) is 0.687. The predicted molar refractivity (Wildman–Crippen MR) is 510 cm³/mol. The molecule has 5 aromatic rings. The van der Waals surface area contributed by atoms with Gasteiger partial charge in [0.1, 0.15) is 80.1 Å². The van der Waals surface area contributed by atoms with Crippen molar-refractivity contribution >= 4 is 25.0 Å². The molecule has 0 saturated heterocycles. The Bertz CT molecular complexity index is 4080. The molecular formula is C99H167N6O14PdSi3-. The van der Waals surface area contributed by atoms with Crippen LogP contribution in [-0.2, 0) is 97.9 Å². The summed E-state index contributed by atoms with van der Waals surface area (Å²) in [5.74, 6) is 5.43. The molecule has 0 aliphatic heterocycles. The summed E-state index contributed by atoms with van der Waals surface area (Å²) in [6.07, 6.45) is 14.5. The molecule has 24 heteroatoms. The van der Waals surface area contributed by atoms with Crippen LogP contribution in [-0.4, -0.2) is 182 Å². The number of hydrogen-bond acceptors (Lipinski definition) is 18. The van der Waals surface area contributed by atoms with Gasteiger partial charge in [-0.15, -0.1) is 0 Å². The van der Waals surface area contributed by atoms with Gasteiger partial charge in [-0.05, 0) is 323 Å². The number of aliphatic hydroxyl groups excluding tert-OH is 6. The molecule has 5 aromatic carbocycles. The molecule has 0 unspecified atom stereocenters. The van der Waals surface area contributed by atoms with Gasteiger partial charge in [-0.2, -0.15) is 0 Å². The van der Waals surface area contributed by atoms with Crippen LogP contribution in [0.5, 0.6) is 28.7 Å². The molecule has 10 rings (SSSR count). The first-order valence-electron chi connectivity index (χ1n) is 45.5. The number of nitrogens with zero attached hydrogens (tertiary/aromatic N) is 3. The number of hydrogen-bond donors (Lipinski definition) is 9. The van der Waals surface area contributed by atoms with E-state index in [4.69, 9.17) is 48.2 Å². The van der Waals surface area contributed by atoms with Crippen LogP contribution in [0.2, 0.25) is 54.4 Å². The molecule has 0 spiro atoms. The number of aryl methyl sites for hydroxylation is 5. The van der Waals surface area contributed by atoms with Gasteiger partial charge in [-0.25, -0.2) is 0 Å². The maximum atomic E-state index is 10.9. The van der Waals surface area contributed by atoms with Crippen LogP contribution in [0.1, 0.15) is 233 Å². The summed E-state index contributed by atoms with van der Waals surface area (Å²) < 4.78 is 48.3. The zero-order valence-electron chi connectivity index (χ0n) is 81.1. The Morgan fingerprint density at radius 2 is 0.650 bits per heavy atom. The minimum atomic E-state index is -1.98. The largest absolute Gasteiger partial charge is 0.491 e. The summed E-state index contributed by atoms with van der Waals surface area (Å²) in [6, 6.07) is 19.5. The molecule has 20 nitrogen and oxygen atoms in total. The van der Waals surface area contributed by atoms with Gasteiger partial charge in [0.2, 0.25) is 0 Å². The fourth-order valence-electron chi connectivity index (χ4n) is 15.7. The first-order chi connectivity index (χ1) is 56.5. The fourth-order valence-corrected chi connectivity index (χ4v) is 18.8. The van der Waals surface area contributed by atoms with Crippen molar-refractivity contribution in [2.75, 3.05) is 59.5 Å². The van der Waals surface area contributed by atoms with Gasteiger partial charge in [-0.1, -0.05) is 146 Å². The number of benzene rings is 5. The third-order valence-corrected chi connectivity index (χ3v) is 40.1. The standard InChI is InChI=1S/C23H41NO3Si.C20H33N3O3Si.C20H35NO3Si.C18H28O2.C17H27NO3.CH3.Pd/c1-16(2)24-20(14-27-28(7,8)23(4,5)6)21(25)15-26-22-13-12-17(3)18-10-9-11-19(18)22;1-14-10-11-19(16-9-7-8-15(14)16)25-13-18(24)17(22-23-21)12-26-27(5,6)20(2,3)4;1-14-10-11-19(16-9-7-8-15(14)16)23-13-18(22)17(21)12-24-25(5,6)20(2,3)4;1-12(2)10-14(4)17(19)11-20-18-9-8-13(3)15-6-5-7-16(15)18;1-11(2)18-15(9-19)16(20)10-21-17-8-7-12(3)13-5-4-6-14(13)17;;/h12-13,16,20-21,24-25H,9-11,14-15H2,1-8H3;10-11,17-18,24H,7-9,12-13H2,1-6H3;10-11,17-18,22H,7-9,12-13,21H2,1-6H3;8-9,12,14,17,19H,5-7,10-11H2,1-4H3;7-8,11,15-16,18-20H,4-6,9-10H2,1-3H3;1H3;/q;;;;;-1;/t20-,21+;2*17-,18+;14-,17-;15-,16+;;/m00010../s1. The molecule has 10 atom stereocenters. The summed E-state index contributed by atoms with van der Waals surface area (Å²) in [7, 11) is -5.70. The van der Waals surface area contributed by atoms with Gasteiger partial charge >= 0.3 is 0 Å². The summed E-state index contributed by atoms with van der Waals surface area (Å²) in [5.41, 5.74) is 35.3. The SMILES string of the molecule is Cc1ccc(OC[C@@H](O)[C@@H](N)CO[Si](C)(C)C(C)(C)C)c2c1CCC2.Cc1ccc(OC[C@@H](O)[C@H](C)CC(C)C)c2c1CCC2.Cc1ccc(OC[C@@H](O)[C@H](CO)NC(C)C)c2c1CCC2.Cc1ccc(OC[C@@H](O)[C@H](CO[Si](C)(C)C(C)(C)C)N=[N+]=[N-])c2c1CCC2.Cc1ccc(OC[C@@H](O)[C@H](CO[Si](C)(C)C(C)(C)C)NC(C)C)c2c1CCC2.[CH3-].[Pd]. The molecule has 0 bridgehead atoms. The van der Waals surface area contributed by atoms with Crippen molar-refractivity contribution < 1.29 is 88.0 Å². The average Bonchev–Trinajstić information content (AvgIpc) is 1.69. The van der Waals surface area contributed by atoms with Crippen molar-refractivity contribution in [2.45, 2.75) is 369 Å². The van der Waals surface area contributed by atoms with Gasteiger partial charge in [0.15, 0.2) is 25.0 Å². The van der Waals surface area contributed by atoms with Crippen molar-refractivity contribution in [3.05, 3.63) is 162 Å². The molecule has 123 heavy (non-hydrogen) atoms. The summed E-state index contributed by atoms with van der Waals surface area (Å²) in [5, 5.41) is 72.2. The number of ether oxygens (including phenoxy) is 5. The number of azide groups is 1. The minimum Gasteiger partial charge on any atom is -0.491 e. The smallest absolute Gasteiger partial charge is 0.192 e. The quantitative estimate of drug-likeness (QED) is 0.00587. The van der Waals surface area contributed by atoms with E-state index in [1.165, 1.54) is 116 Å². The Kier molecular flexibility index (Phi) is 45.3. The zero-order chi connectivity index (χ0) is 90.3. The second kappa shape index (κ2) is 50.4. The van der Waals surface area contributed by atoms with E-state index in [-0.39, 0.29) is 119 Å². The van der Waals surface area contributed by atoms with Crippen molar-refractivity contribution in [3.63, 3.8) is 0 Å². The third kappa shape index (κ3) is 33.0. The molecule has 5 aliphatic carbocycles. The molecule has 700 valence electrons. The third-order valence-electron chi connectivity index (χ3n) is 26.6. The topological polar surface area (TPSA) is 294 Å². The van der Waals surface area contributed by atoms with E-state index in [0.29, 0.717) is 25.7 Å². The normalized spacial score (nSPS) is 16.6. The van der Waals surface area contributed by atoms with E-state index in [1.54, 1.807) is 0 Å². The predicted octanol–water partition coefficient (Wildman–Crippen LogP) is 19.0. The second-order valence-corrected chi connectivity index (χ2v) is 55.1. The maximum absolute atomic E-state index is 10.9. The van der Waals surface area contributed by atoms with Gasteiger partial charge < -0.3 is 91.4 Å². The van der Waals surface area contributed by atoms with E-state index in [2.05, 4.69) is 234 Å². The molecule has 0 heterocycles. The van der Waals surface area contributed by atoms with Crippen LogP contribution in [0.4, 0.5) is 0 Å². The van der Waals surface area contributed by atoms with Crippen molar-refractivity contribution in [1.29, 1.82) is 0 Å². The maximum Gasteiger partial charge on any atom is 0.192 e. The van der Waals surface area contributed by atoms with Crippen LogP contribution in [0, 0.1) is 53.9 Å². The molecule has 0 saturated carbocycles. The van der Waals surface area contributed by atoms with Gasteiger partial charge in [-0.3, -0.25) is 0 Å². The Balaban J connectivity index is 0.000000323. The zero-order valence-corrected chi connectivity index (χ0v) is 85.7. The van der Waals surface area contributed by atoms with Gasteiger partial charge in [0, 0.05) is 44.0 Å². The van der Waals surface area contributed by atoms with E-state index in [9.17, 15) is 30.6 Å². The molecular weight excluding hydrogens is 1690 g/mol. The van der Waals surface area contributed by atoms with Crippen molar-refractivity contribution in [2.24, 2.45) is 22.7 Å². The van der Waals surface area contributed by atoms with Crippen LogP contribution >= 0.6 is 0 Å². The Morgan fingerprint density at radius 3 is 0.935 bits per heavy atom. The van der Waals surface area contributed by atoms with Crippen LogP contribution < -0.4 is 40.1 Å². The van der Waals surface area contributed by atoms with Crippen molar-refractivity contribution in [1.82, 2.24) is 10.6 Å². The molecule has 0 radical (unpaired) electrons. The molecule has 0 fully saturated rings. The number of aliphatic hydroxyl groups is 6. The first-order valence-corrected chi connectivity index (χ1v) is 54.2. The second-order valence-electron chi connectivity index (χ2n) is 40.6. The number of nitrogens with two attached hydrogens (primary N) is 1. The van der Waals surface area contributed by atoms with E-state index in [0.717, 1.165) is 99.4 Å². The Morgan fingerprint density at radius 1 is 0.390 bits per heavy atom. The van der Waals surface area contributed by atoms with E-state index >= 15 is 0 Å². The van der Waals surface area contributed by atoms with Crippen LogP contribution in [0.15, 0.2) is 65.8 Å². The Hall–Kier alpha value is -4.76. The summed E-state index contributed by atoms with van der Waals surface area (Å²) in [4.78, 5) is 2.89. The average molecular weight is 1860 g/mol. The van der Waals surface area contributed by atoms with Crippen molar-refractivity contribution in [3.8, 4) is 28.7 Å². The first kappa shape index (κ1) is 111. The van der Waals surface area contributed by atoms with Gasteiger partial charge in [0.25, 0.3) is 0 Å². The molecule has 0 amide bonds. The molecule has 10 N–H and O–H groups in total. The molecule has 0 aromatic heterocycles. The number of fused-ring (bicyclic) bond motifs is 5. The number of rotatable bonds is 37.